The van der Waals surface area contributed by atoms with Gasteiger partial charge in [0.05, 0.1) is 0 Å². The first-order valence-corrected chi connectivity index (χ1v) is 7.64. The topological polar surface area (TPSA) is 27.7 Å². The zero-order valence-electron chi connectivity index (χ0n) is 8.57. The molecule has 0 aromatic rings. The SMILES string of the molecule is CC(Cl)(Cl)O[SiH](OC(C)(Cl)Cl)OC(C)(Cl)Cl. The molecule has 0 aromatic carbocycles. The van der Waals surface area contributed by atoms with E-state index in [0.29, 0.717) is 0 Å². The summed E-state index contributed by atoms with van der Waals surface area (Å²) in [5, 5.41) is 0. The van der Waals surface area contributed by atoms with Crippen LogP contribution in [0.3, 0.4) is 0 Å². The Balaban J connectivity index is 4.53. The van der Waals surface area contributed by atoms with Gasteiger partial charge in [0.25, 0.3) is 0 Å². The molecule has 3 nitrogen and oxygen atoms in total. The molecule has 98 valence electrons. The third-order valence-corrected chi connectivity index (χ3v) is 4.33. The number of hydrogen-bond acceptors (Lipinski definition) is 3. The lowest BCUT2D eigenvalue weighted by atomic mass is 10.9. The van der Waals surface area contributed by atoms with E-state index < -0.39 is 23.1 Å². The largest absolute Gasteiger partial charge is 0.490 e. The Bertz CT molecular complexity index is 182. The number of rotatable bonds is 6. The summed E-state index contributed by atoms with van der Waals surface area (Å²) < 4.78 is 10.7. The molecule has 16 heavy (non-hydrogen) atoms. The van der Waals surface area contributed by atoms with Gasteiger partial charge in [-0.2, -0.15) is 0 Å². The molecule has 0 atom stereocenters. The molecule has 0 aromatic heterocycles. The molecule has 0 radical (unpaired) electrons. The molecule has 0 fully saturated rings. The highest BCUT2D eigenvalue weighted by Crippen LogP contribution is 2.31. The summed E-state index contributed by atoms with van der Waals surface area (Å²) in [5.74, 6) is 0. The molecule has 0 saturated carbocycles. The fourth-order valence-electron chi connectivity index (χ4n) is 0.579. The molecule has 0 N–H and O–H groups in total. The van der Waals surface area contributed by atoms with Gasteiger partial charge in [-0.1, -0.05) is 69.6 Å². The fraction of sp³-hybridized carbons (Fsp3) is 1.00. The van der Waals surface area contributed by atoms with Gasteiger partial charge in [-0.05, 0) is 20.8 Å². The van der Waals surface area contributed by atoms with Gasteiger partial charge in [0, 0.05) is 0 Å². The van der Waals surface area contributed by atoms with Crippen molar-refractivity contribution in [3.8, 4) is 0 Å². The highest BCUT2D eigenvalue weighted by atomic mass is 35.5. The van der Waals surface area contributed by atoms with Crippen LogP contribution in [0, 0.1) is 0 Å². The van der Waals surface area contributed by atoms with E-state index in [1.165, 1.54) is 20.8 Å². The van der Waals surface area contributed by atoms with Gasteiger partial charge in [-0.25, -0.2) is 0 Å². The standard InChI is InChI=1S/C6H10Cl6O3Si/c1-4(7,8)13-16(14-5(2,9)10)15-6(3,11)12/h16H,1-3H3. The van der Waals surface area contributed by atoms with E-state index >= 15 is 0 Å². The molecular weight excluding hydrogens is 361 g/mol. The average Bonchev–Trinajstić information content (AvgIpc) is 1.70. The zero-order valence-corrected chi connectivity index (χ0v) is 14.3. The summed E-state index contributed by atoms with van der Waals surface area (Å²) in [6.45, 7) is 4.13. The molecule has 0 saturated heterocycles. The Hall–Kier alpha value is 1.84. The van der Waals surface area contributed by atoms with Crippen LogP contribution >= 0.6 is 69.6 Å². The molecular formula is C6H10Cl6O3Si. The Morgan fingerprint density at radius 1 is 0.625 bits per heavy atom. The van der Waals surface area contributed by atoms with Crippen molar-refractivity contribution >= 4 is 79.1 Å². The van der Waals surface area contributed by atoms with E-state index in [-0.39, 0.29) is 0 Å². The minimum absolute atomic E-state index is 1.38. The first-order valence-electron chi connectivity index (χ1n) is 3.95. The van der Waals surface area contributed by atoms with Crippen molar-refractivity contribution < 1.29 is 13.3 Å². The van der Waals surface area contributed by atoms with Gasteiger partial charge < -0.3 is 13.3 Å². The Kier molecular flexibility index (Phi) is 7.05. The van der Waals surface area contributed by atoms with E-state index in [9.17, 15) is 0 Å². The highest BCUT2D eigenvalue weighted by molar-refractivity contribution is 6.54. The summed E-state index contributed by atoms with van der Waals surface area (Å²) in [4.78, 5) is 0. The molecule has 0 rings (SSSR count). The maximum atomic E-state index is 5.63. The quantitative estimate of drug-likeness (QED) is 0.518. The van der Waals surface area contributed by atoms with Gasteiger partial charge in [-0.3, -0.25) is 0 Å². The first kappa shape index (κ1) is 17.8. The van der Waals surface area contributed by atoms with Crippen LogP contribution in [0.4, 0.5) is 0 Å². The van der Waals surface area contributed by atoms with Crippen molar-refractivity contribution in [2.24, 2.45) is 0 Å². The second-order valence-electron chi connectivity index (χ2n) is 3.07. The van der Waals surface area contributed by atoms with Crippen LogP contribution in [0.15, 0.2) is 0 Å². The summed E-state index contributed by atoms with van der Waals surface area (Å²) in [7, 11) is -2.90. The summed E-state index contributed by atoms with van der Waals surface area (Å²) >= 11 is 33.8. The van der Waals surface area contributed by atoms with Gasteiger partial charge in [0.2, 0.25) is 13.6 Å². The molecule has 0 heterocycles. The van der Waals surface area contributed by atoms with Crippen LogP contribution < -0.4 is 0 Å². The fourth-order valence-corrected chi connectivity index (χ4v) is 3.05. The van der Waals surface area contributed by atoms with Crippen LogP contribution in [0.1, 0.15) is 20.8 Å². The molecule has 0 unspecified atom stereocenters. The average molecular weight is 371 g/mol. The molecule has 0 aliphatic carbocycles. The Morgan fingerprint density at radius 2 is 0.812 bits per heavy atom. The maximum absolute atomic E-state index is 5.63. The number of halogens is 6. The molecule has 0 spiro atoms. The van der Waals surface area contributed by atoms with Crippen LogP contribution in [0.2, 0.25) is 0 Å². The predicted octanol–water partition coefficient (Wildman–Crippen LogP) is 4.21. The molecule has 0 aliphatic heterocycles. The molecule has 0 amide bonds. The van der Waals surface area contributed by atoms with Crippen molar-refractivity contribution in [2.45, 2.75) is 34.3 Å². The van der Waals surface area contributed by atoms with Gasteiger partial charge >= 0.3 is 9.53 Å². The normalized spacial score (nSPS) is 14.6. The lowest BCUT2D eigenvalue weighted by Gasteiger charge is -2.29. The third-order valence-electron chi connectivity index (χ3n) is 0.909. The smallest absolute Gasteiger partial charge is 0.343 e. The van der Waals surface area contributed by atoms with Crippen LogP contribution in [-0.2, 0) is 13.3 Å². The molecule has 0 bridgehead atoms. The van der Waals surface area contributed by atoms with E-state index in [2.05, 4.69) is 0 Å². The van der Waals surface area contributed by atoms with E-state index in [1.54, 1.807) is 0 Å². The lowest BCUT2D eigenvalue weighted by molar-refractivity contribution is 0.0451. The summed E-state index contributed by atoms with van der Waals surface area (Å²) in [6, 6.07) is 0. The van der Waals surface area contributed by atoms with Crippen molar-refractivity contribution in [3.63, 3.8) is 0 Å². The number of alkyl halides is 6. The summed E-state index contributed by atoms with van der Waals surface area (Å²) in [6.07, 6.45) is 0. The van der Waals surface area contributed by atoms with Gasteiger partial charge in [-0.15, -0.1) is 0 Å². The van der Waals surface area contributed by atoms with Crippen molar-refractivity contribution in [2.75, 3.05) is 0 Å². The maximum Gasteiger partial charge on any atom is 0.490 e. The predicted molar refractivity (Wildman–Crippen MR) is 70.7 cm³/mol. The van der Waals surface area contributed by atoms with Crippen molar-refractivity contribution in [1.29, 1.82) is 0 Å². The highest BCUT2D eigenvalue weighted by Gasteiger charge is 2.37. The third kappa shape index (κ3) is 12.3. The second-order valence-corrected chi connectivity index (χ2v) is 9.26. The number of hydrogen-bond donors (Lipinski definition) is 0. The summed E-state index contributed by atoms with van der Waals surface area (Å²) in [5.41, 5.74) is 0. The van der Waals surface area contributed by atoms with Crippen LogP contribution in [-0.4, -0.2) is 23.1 Å². The Morgan fingerprint density at radius 3 is 0.938 bits per heavy atom. The van der Waals surface area contributed by atoms with Crippen molar-refractivity contribution in [1.82, 2.24) is 0 Å². The van der Waals surface area contributed by atoms with Crippen LogP contribution in [0.25, 0.3) is 0 Å². The minimum atomic E-state index is -2.90. The monoisotopic (exact) mass is 368 g/mol. The van der Waals surface area contributed by atoms with Gasteiger partial charge in [0.15, 0.2) is 0 Å². The second kappa shape index (κ2) is 6.33. The van der Waals surface area contributed by atoms with Crippen molar-refractivity contribution in [3.05, 3.63) is 0 Å². The minimum Gasteiger partial charge on any atom is -0.343 e. The van der Waals surface area contributed by atoms with E-state index in [4.69, 9.17) is 82.9 Å². The lowest BCUT2D eigenvalue weighted by Crippen LogP contribution is -2.41. The first-order chi connectivity index (χ1) is 6.79. The van der Waals surface area contributed by atoms with Gasteiger partial charge in [0.1, 0.15) is 0 Å². The van der Waals surface area contributed by atoms with Crippen LogP contribution in [0.5, 0.6) is 0 Å². The van der Waals surface area contributed by atoms with E-state index in [0.717, 1.165) is 0 Å². The molecule has 10 heteroatoms. The molecule has 0 aliphatic rings. The Labute approximate surface area is 126 Å². The van der Waals surface area contributed by atoms with E-state index in [1.807, 2.05) is 0 Å². The zero-order chi connectivity index (χ0) is 13.2.